The van der Waals surface area contributed by atoms with E-state index in [1.807, 2.05) is 19.1 Å². The number of carbonyl (C=O) groups is 2. The molecule has 7 nitrogen and oxygen atoms in total. The number of fused-ring (bicyclic) bond motifs is 1. The van der Waals surface area contributed by atoms with Gasteiger partial charge in [-0.2, -0.15) is 5.10 Å². The first-order valence-corrected chi connectivity index (χ1v) is 10.6. The third-order valence-electron chi connectivity index (χ3n) is 6.08. The Balaban J connectivity index is 1.23. The van der Waals surface area contributed by atoms with E-state index in [0.29, 0.717) is 25.9 Å². The first-order valence-electron chi connectivity index (χ1n) is 10.6. The highest BCUT2D eigenvalue weighted by atomic mass is 16.2. The summed E-state index contributed by atoms with van der Waals surface area (Å²) in [5.74, 6) is 0.115. The van der Waals surface area contributed by atoms with Crippen molar-refractivity contribution in [2.24, 2.45) is 5.41 Å². The van der Waals surface area contributed by atoms with Crippen molar-refractivity contribution < 1.29 is 9.59 Å². The summed E-state index contributed by atoms with van der Waals surface area (Å²) < 4.78 is 0. The van der Waals surface area contributed by atoms with Crippen molar-refractivity contribution in [2.75, 3.05) is 0 Å². The van der Waals surface area contributed by atoms with E-state index in [2.05, 4.69) is 25.8 Å². The molecule has 4 rings (SSSR count). The summed E-state index contributed by atoms with van der Waals surface area (Å²) in [7, 11) is 0. The van der Waals surface area contributed by atoms with Gasteiger partial charge in [-0.25, -0.2) is 0 Å². The SMILES string of the molecule is CC1(C(=O)NCc2cc(CNC(=O)CCc3n[nH]c4c3CCCC4)ccn2)CC1. The summed E-state index contributed by atoms with van der Waals surface area (Å²) in [4.78, 5) is 28.6. The fourth-order valence-electron chi connectivity index (χ4n) is 3.81. The molecule has 0 spiro atoms. The van der Waals surface area contributed by atoms with Gasteiger partial charge in [0.25, 0.3) is 0 Å². The molecule has 154 valence electrons. The van der Waals surface area contributed by atoms with E-state index in [-0.39, 0.29) is 17.2 Å². The second-order valence-electron chi connectivity index (χ2n) is 8.51. The van der Waals surface area contributed by atoms with Crippen LogP contribution in [0, 0.1) is 5.41 Å². The number of rotatable bonds is 8. The third-order valence-corrected chi connectivity index (χ3v) is 6.08. The Morgan fingerprint density at radius 2 is 2.00 bits per heavy atom. The number of hydrogen-bond donors (Lipinski definition) is 3. The van der Waals surface area contributed by atoms with Gasteiger partial charge in [-0.1, -0.05) is 6.92 Å². The zero-order valence-electron chi connectivity index (χ0n) is 17.0. The van der Waals surface area contributed by atoms with Gasteiger partial charge < -0.3 is 10.6 Å². The number of pyridine rings is 1. The molecule has 2 aromatic heterocycles. The van der Waals surface area contributed by atoms with Crippen LogP contribution >= 0.6 is 0 Å². The number of aromatic amines is 1. The Morgan fingerprint density at radius 3 is 2.83 bits per heavy atom. The lowest BCUT2D eigenvalue weighted by Crippen LogP contribution is -2.30. The van der Waals surface area contributed by atoms with Gasteiger partial charge in [0, 0.05) is 36.7 Å². The normalized spacial score (nSPS) is 16.7. The zero-order chi connectivity index (χ0) is 20.3. The molecule has 7 heteroatoms. The van der Waals surface area contributed by atoms with Gasteiger partial charge in [-0.15, -0.1) is 0 Å². The summed E-state index contributed by atoms with van der Waals surface area (Å²) in [6, 6.07) is 3.82. The lowest BCUT2D eigenvalue weighted by atomic mass is 9.94. The molecule has 0 atom stereocenters. The molecule has 2 aromatic rings. The molecule has 0 saturated heterocycles. The summed E-state index contributed by atoms with van der Waals surface area (Å²) in [6.07, 6.45) is 9.29. The molecule has 29 heavy (non-hydrogen) atoms. The van der Waals surface area contributed by atoms with Crippen molar-refractivity contribution >= 4 is 11.8 Å². The maximum atomic E-state index is 12.3. The first-order chi connectivity index (χ1) is 14.0. The molecule has 2 amide bonds. The van der Waals surface area contributed by atoms with Crippen molar-refractivity contribution in [3.05, 3.63) is 46.5 Å². The minimum Gasteiger partial charge on any atom is -0.352 e. The van der Waals surface area contributed by atoms with E-state index < -0.39 is 0 Å². The fourth-order valence-corrected chi connectivity index (χ4v) is 3.81. The van der Waals surface area contributed by atoms with Crippen LogP contribution in [0.4, 0.5) is 0 Å². The predicted octanol–water partition coefficient (Wildman–Crippen LogP) is 2.35. The number of nitrogens with zero attached hydrogens (tertiary/aromatic N) is 2. The first kappa shape index (κ1) is 19.6. The molecule has 0 aromatic carbocycles. The van der Waals surface area contributed by atoms with E-state index in [4.69, 9.17) is 0 Å². The van der Waals surface area contributed by atoms with Gasteiger partial charge in [0.15, 0.2) is 0 Å². The van der Waals surface area contributed by atoms with E-state index >= 15 is 0 Å². The van der Waals surface area contributed by atoms with E-state index in [0.717, 1.165) is 42.6 Å². The topological polar surface area (TPSA) is 99.8 Å². The summed E-state index contributed by atoms with van der Waals surface area (Å²) in [5, 5.41) is 13.5. The number of hydrogen-bond acceptors (Lipinski definition) is 4. The van der Waals surface area contributed by atoms with Crippen molar-refractivity contribution in [3.8, 4) is 0 Å². The Morgan fingerprint density at radius 1 is 1.17 bits per heavy atom. The van der Waals surface area contributed by atoms with Crippen molar-refractivity contribution in [1.29, 1.82) is 0 Å². The zero-order valence-corrected chi connectivity index (χ0v) is 17.0. The Labute approximate surface area is 171 Å². The van der Waals surface area contributed by atoms with Crippen LogP contribution < -0.4 is 10.6 Å². The lowest BCUT2D eigenvalue weighted by molar-refractivity contribution is -0.126. The van der Waals surface area contributed by atoms with Crippen LogP contribution in [0.3, 0.4) is 0 Å². The van der Waals surface area contributed by atoms with Crippen LogP contribution in [0.2, 0.25) is 0 Å². The van der Waals surface area contributed by atoms with Gasteiger partial charge in [0.05, 0.1) is 17.9 Å². The Kier molecular flexibility index (Phi) is 5.65. The number of aromatic nitrogens is 3. The van der Waals surface area contributed by atoms with E-state index in [1.165, 1.54) is 24.1 Å². The molecule has 2 aliphatic rings. The lowest BCUT2D eigenvalue weighted by Gasteiger charge is -2.11. The Hall–Kier alpha value is -2.70. The highest BCUT2D eigenvalue weighted by molar-refractivity contribution is 5.84. The molecule has 2 aliphatic carbocycles. The van der Waals surface area contributed by atoms with Crippen molar-refractivity contribution in [1.82, 2.24) is 25.8 Å². The highest BCUT2D eigenvalue weighted by Gasteiger charge is 2.44. The minimum atomic E-state index is -0.181. The molecule has 0 aliphatic heterocycles. The number of carbonyl (C=O) groups excluding carboxylic acids is 2. The van der Waals surface area contributed by atoms with Crippen LogP contribution in [-0.2, 0) is 41.9 Å². The Bertz CT molecular complexity index is 900. The molecular weight excluding hydrogens is 366 g/mol. The minimum absolute atomic E-state index is 0.0193. The third kappa shape index (κ3) is 4.83. The van der Waals surface area contributed by atoms with Crippen LogP contribution in [0.1, 0.15) is 67.2 Å². The molecular formula is C22H29N5O2. The van der Waals surface area contributed by atoms with Crippen LogP contribution in [-0.4, -0.2) is 27.0 Å². The molecule has 1 saturated carbocycles. The largest absolute Gasteiger partial charge is 0.352 e. The molecule has 0 radical (unpaired) electrons. The van der Waals surface area contributed by atoms with Crippen LogP contribution in [0.5, 0.6) is 0 Å². The van der Waals surface area contributed by atoms with Crippen LogP contribution in [0.25, 0.3) is 0 Å². The van der Waals surface area contributed by atoms with Crippen LogP contribution in [0.15, 0.2) is 18.3 Å². The van der Waals surface area contributed by atoms with Gasteiger partial charge in [0.1, 0.15) is 0 Å². The maximum Gasteiger partial charge on any atom is 0.226 e. The summed E-state index contributed by atoms with van der Waals surface area (Å²) >= 11 is 0. The monoisotopic (exact) mass is 395 g/mol. The summed E-state index contributed by atoms with van der Waals surface area (Å²) in [5.41, 5.74) is 5.22. The predicted molar refractivity (Wildman–Crippen MR) is 109 cm³/mol. The molecule has 3 N–H and O–H groups in total. The van der Waals surface area contributed by atoms with Gasteiger partial charge >= 0.3 is 0 Å². The smallest absolute Gasteiger partial charge is 0.226 e. The number of aryl methyl sites for hydroxylation is 2. The second kappa shape index (κ2) is 8.35. The van der Waals surface area contributed by atoms with Crippen molar-refractivity contribution in [2.45, 2.75) is 71.4 Å². The second-order valence-corrected chi connectivity index (χ2v) is 8.51. The standard InChI is InChI=1S/C22H29N5O2/c1-22(9-10-22)21(29)25-14-16-12-15(8-11-23-16)13-24-20(28)7-6-19-17-4-2-3-5-18(17)26-27-19/h8,11-12H,2-7,9-10,13-14H2,1H3,(H,24,28)(H,25,29)(H,26,27). The van der Waals surface area contributed by atoms with Gasteiger partial charge in [-0.3, -0.25) is 19.7 Å². The van der Waals surface area contributed by atoms with E-state index in [1.54, 1.807) is 6.20 Å². The van der Waals surface area contributed by atoms with Gasteiger partial charge in [-0.05, 0) is 61.8 Å². The molecule has 0 bridgehead atoms. The van der Waals surface area contributed by atoms with Gasteiger partial charge in [0.2, 0.25) is 11.8 Å². The maximum absolute atomic E-state index is 12.3. The average molecular weight is 396 g/mol. The number of H-pyrrole nitrogens is 1. The fraction of sp³-hybridized carbons (Fsp3) is 0.545. The molecule has 2 heterocycles. The van der Waals surface area contributed by atoms with E-state index in [9.17, 15) is 9.59 Å². The highest BCUT2D eigenvalue weighted by Crippen LogP contribution is 2.45. The number of nitrogens with one attached hydrogen (secondary N) is 3. The molecule has 1 fully saturated rings. The summed E-state index contributed by atoms with van der Waals surface area (Å²) in [6.45, 7) is 2.86. The molecule has 0 unspecified atom stereocenters. The quantitative estimate of drug-likeness (QED) is 0.639. The van der Waals surface area contributed by atoms with Crippen molar-refractivity contribution in [3.63, 3.8) is 0 Å². The average Bonchev–Trinajstić information content (AvgIpc) is 3.36. The number of amides is 2.